The van der Waals surface area contributed by atoms with E-state index in [0.717, 1.165) is 38.5 Å². The number of hydrogen-bond acceptors (Lipinski definition) is 18. The smallest absolute Gasteiger partial charge is 0.408 e. The van der Waals surface area contributed by atoms with Crippen LogP contribution in [-0.4, -0.2) is 171 Å². The number of aromatic nitrogens is 8. The third-order valence-corrected chi connectivity index (χ3v) is 15.0. The summed E-state index contributed by atoms with van der Waals surface area (Å²) in [6.07, 6.45) is 15.3. The highest BCUT2D eigenvalue weighted by molar-refractivity contribution is 5.98. The molecule has 440 valence electrons. The summed E-state index contributed by atoms with van der Waals surface area (Å²) in [6.45, 7) is 18.1. The zero-order chi connectivity index (χ0) is 58.2. The van der Waals surface area contributed by atoms with Gasteiger partial charge in [0.2, 0.25) is 23.6 Å². The molecule has 2 saturated heterocycles. The van der Waals surface area contributed by atoms with Crippen molar-refractivity contribution in [3.8, 4) is 0 Å². The number of rotatable bonds is 8. The molecule has 4 aliphatic heterocycles. The van der Waals surface area contributed by atoms with Gasteiger partial charge in [0.05, 0.1) is 25.3 Å². The Bertz CT molecular complexity index is 2640. The molecular formula is C54H82N14O12. The number of allylic oxidation sites excluding steroid dienone is 2. The Morgan fingerprint density at radius 2 is 1.11 bits per heavy atom. The number of aryl methyl sites for hydroxylation is 2. The van der Waals surface area contributed by atoms with E-state index < -0.39 is 94.3 Å². The number of fused-ring (bicyclic) bond motifs is 4. The van der Waals surface area contributed by atoms with E-state index in [1.807, 2.05) is 24.3 Å². The molecule has 0 spiro atoms. The molecular weight excluding hydrogens is 1040 g/mol. The third-order valence-electron chi connectivity index (χ3n) is 15.0. The SMILES string of the molecule is CCOC(=O)[C@@]12C[C@H]1/C=C\CCCCC[C@H](NC(=O)OC(C)(C)C)C(=O)N1C[C@H](n3nnc(C)n3)C[C@H]1C(=O)N2.CCOC(=O)[C@@]12C[C@H]1/C=C\CCCCC[C@H](NC(=O)OC(C)(C)C)C(=O)N1C[C@H](n3nnnc3C)C[C@H]1C(=O)N2. The van der Waals surface area contributed by atoms with Gasteiger partial charge in [0, 0.05) is 37.8 Å². The largest absolute Gasteiger partial charge is 0.464 e. The van der Waals surface area contributed by atoms with E-state index in [4.69, 9.17) is 18.9 Å². The second-order valence-electron chi connectivity index (χ2n) is 23.6. The first-order chi connectivity index (χ1) is 37.9. The maximum Gasteiger partial charge on any atom is 0.408 e. The number of amides is 6. The van der Waals surface area contributed by atoms with Gasteiger partial charge in [0.25, 0.3) is 0 Å². The Kier molecular flexibility index (Phi) is 19.4. The molecule has 2 aromatic heterocycles. The quantitative estimate of drug-likeness (QED) is 0.165. The van der Waals surface area contributed by atoms with Crippen LogP contribution < -0.4 is 21.3 Å². The van der Waals surface area contributed by atoms with Gasteiger partial charge in [-0.3, -0.25) is 19.2 Å². The van der Waals surface area contributed by atoms with E-state index in [1.54, 1.807) is 73.9 Å². The van der Waals surface area contributed by atoms with E-state index >= 15 is 0 Å². The zero-order valence-corrected chi connectivity index (χ0v) is 48.0. The van der Waals surface area contributed by atoms with Crippen LogP contribution >= 0.6 is 0 Å². The fourth-order valence-corrected chi connectivity index (χ4v) is 10.9. The Morgan fingerprint density at radius 1 is 0.650 bits per heavy atom. The van der Waals surface area contributed by atoms with Crippen LogP contribution in [0.5, 0.6) is 0 Å². The standard InChI is InChI=1S/2C27H41N7O6/c1-6-39-24(37)27-15-18(27)12-10-8-7-9-11-13-20(28-25(38)40-26(3,4)5)23(36)33-16-19(14-21(33)22(35)29-27)34-17(2)30-31-32-34;1-6-39-24(37)27-15-18(27)12-10-8-7-9-11-13-20(28-25(38)40-26(3,4)5)23(36)33-16-19(14-21(33)22(35)29-27)34-31-17(2)30-32-34/h2*10,12,18-21H,6-9,11,13-16H2,1-5H3,(H,28,38)(H,29,35)/b2*12-10-/t2*18-,19-,20+,21+,27-/m11/s1. The van der Waals surface area contributed by atoms with Crippen molar-refractivity contribution in [1.29, 1.82) is 0 Å². The van der Waals surface area contributed by atoms with Crippen LogP contribution in [-0.2, 0) is 47.7 Å². The summed E-state index contributed by atoms with van der Waals surface area (Å²) >= 11 is 0. The normalized spacial score (nSPS) is 30.2. The third kappa shape index (κ3) is 15.0. The lowest BCUT2D eigenvalue weighted by Gasteiger charge is -2.30. The second kappa shape index (κ2) is 25.6. The van der Waals surface area contributed by atoms with E-state index in [0.29, 0.717) is 50.2 Å². The zero-order valence-electron chi connectivity index (χ0n) is 48.0. The molecule has 26 nitrogen and oxygen atoms in total. The van der Waals surface area contributed by atoms with Crippen molar-refractivity contribution < 1.29 is 57.3 Å². The van der Waals surface area contributed by atoms with Crippen LogP contribution in [0, 0.1) is 25.7 Å². The van der Waals surface area contributed by atoms with E-state index in [1.165, 1.54) is 14.6 Å². The van der Waals surface area contributed by atoms with Crippen LogP contribution in [0.25, 0.3) is 0 Å². The number of esters is 2. The van der Waals surface area contributed by atoms with Gasteiger partial charge < -0.3 is 50.0 Å². The summed E-state index contributed by atoms with van der Waals surface area (Å²) in [5.74, 6) is -1.96. The fraction of sp³-hybridized carbons (Fsp3) is 0.741. The molecule has 0 unspecified atom stereocenters. The molecule has 4 N–H and O–H groups in total. The molecule has 80 heavy (non-hydrogen) atoms. The monoisotopic (exact) mass is 1120 g/mol. The number of hydrogen-bond donors (Lipinski definition) is 4. The topological polar surface area (TPSA) is 315 Å². The second-order valence-corrected chi connectivity index (χ2v) is 23.6. The van der Waals surface area contributed by atoms with Crippen molar-refractivity contribution >= 4 is 47.8 Å². The molecule has 4 fully saturated rings. The summed E-state index contributed by atoms with van der Waals surface area (Å²) in [5, 5.41) is 35.4. The first-order valence-electron chi connectivity index (χ1n) is 28.3. The molecule has 2 aromatic rings. The molecule has 0 aromatic carbocycles. The van der Waals surface area contributed by atoms with Gasteiger partial charge in [-0.2, -0.15) is 4.80 Å². The van der Waals surface area contributed by atoms with Crippen LogP contribution in [0.15, 0.2) is 24.3 Å². The first kappa shape index (κ1) is 60.6. The maximum atomic E-state index is 14.0. The van der Waals surface area contributed by atoms with Crippen molar-refractivity contribution in [3.63, 3.8) is 0 Å². The molecule has 2 aliphatic carbocycles. The number of nitrogens with zero attached hydrogens (tertiary/aromatic N) is 10. The summed E-state index contributed by atoms with van der Waals surface area (Å²) < 4.78 is 23.1. The lowest BCUT2D eigenvalue weighted by Crippen LogP contribution is -2.56. The van der Waals surface area contributed by atoms with Crippen LogP contribution in [0.3, 0.4) is 0 Å². The molecule has 0 radical (unpaired) electrons. The van der Waals surface area contributed by atoms with Gasteiger partial charge in [0.1, 0.15) is 52.3 Å². The van der Waals surface area contributed by atoms with Crippen molar-refractivity contribution in [2.24, 2.45) is 11.8 Å². The van der Waals surface area contributed by atoms with Gasteiger partial charge in [-0.05, 0) is 136 Å². The molecule has 6 aliphatic rings. The highest BCUT2D eigenvalue weighted by Gasteiger charge is 2.63. The Labute approximate surface area is 466 Å². The predicted molar refractivity (Wildman–Crippen MR) is 285 cm³/mol. The Balaban J connectivity index is 0.000000231. The van der Waals surface area contributed by atoms with Crippen LogP contribution in [0.2, 0.25) is 0 Å². The number of alkyl carbamates (subject to hydrolysis) is 2. The minimum atomic E-state index is -1.16. The van der Waals surface area contributed by atoms with E-state index in [-0.39, 0.29) is 62.9 Å². The number of tetrazole rings is 2. The molecule has 6 amide bonds. The molecule has 6 heterocycles. The summed E-state index contributed by atoms with van der Waals surface area (Å²) in [6, 6.07) is -4.34. The Hall–Kier alpha value is -7.02. The number of ether oxygens (including phenoxy) is 4. The maximum absolute atomic E-state index is 14.0. The number of carbonyl (C=O) groups is 8. The Morgan fingerprint density at radius 3 is 1.52 bits per heavy atom. The van der Waals surface area contributed by atoms with Crippen molar-refractivity contribution in [2.45, 2.75) is 218 Å². The van der Waals surface area contributed by atoms with Crippen molar-refractivity contribution in [1.82, 2.24) is 71.5 Å². The highest BCUT2D eigenvalue weighted by atomic mass is 16.6. The number of carbonyl (C=O) groups excluding carboxylic acids is 8. The summed E-state index contributed by atoms with van der Waals surface area (Å²) in [7, 11) is 0. The lowest BCUT2D eigenvalue weighted by atomic mass is 10.0. The van der Waals surface area contributed by atoms with Gasteiger partial charge in [-0.1, -0.05) is 50.0 Å². The van der Waals surface area contributed by atoms with Crippen molar-refractivity contribution in [2.75, 3.05) is 26.3 Å². The van der Waals surface area contributed by atoms with Crippen LogP contribution in [0.1, 0.15) is 169 Å². The molecule has 26 heteroatoms. The lowest BCUT2D eigenvalue weighted by molar-refractivity contribution is -0.150. The van der Waals surface area contributed by atoms with E-state index in [9.17, 15) is 38.4 Å². The molecule has 10 atom stereocenters. The van der Waals surface area contributed by atoms with Crippen LogP contribution in [0.4, 0.5) is 9.59 Å². The first-order valence-corrected chi connectivity index (χ1v) is 28.3. The minimum Gasteiger partial charge on any atom is -0.464 e. The van der Waals surface area contributed by atoms with Gasteiger partial charge in [0.15, 0.2) is 5.82 Å². The van der Waals surface area contributed by atoms with E-state index in [2.05, 4.69) is 52.2 Å². The minimum absolute atomic E-state index is 0.148. The van der Waals surface area contributed by atoms with Crippen molar-refractivity contribution in [3.05, 3.63) is 36.0 Å². The predicted octanol–water partition coefficient (Wildman–Crippen LogP) is 3.95. The molecule has 8 rings (SSSR count). The highest BCUT2D eigenvalue weighted by Crippen LogP contribution is 2.48. The van der Waals surface area contributed by atoms with Gasteiger partial charge >= 0.3 is 24.1 Å². The summed E-state index contributed by atoms with van der Waals surface area (Å²) in [4.78, 5) is 111. The molecule has 2 saturated carbocycles. The number of nitrogens with one attached hydrogen (secondary N) is 4. The molecule has 0 bridgehead atoms. The average molecular weight is 1120 g/mol. The van der Waals surface area contributed by atoms with Gasteiger partial charge in [-0.15, -0.1) is 15.3 Å². The summed E-state index contributed by atoms with van der Waals surface area (Å²) in [5.41, 5.74) is -3.79. The average Bonchev–Trinajstić information content (AvgIpc) is 3.80. The fourth-order valence-electron chi connectivity index (χ4n) is 10.9. The van der Waals surface area contributed by atoms with Gasteiger partial charge in [-0.25, -0.2) is 23.9 Å².